The van der Waals surface area contributed by atoms with Gasteiger partial charge < -0.3 is 10.1 Å². The van der Waals surface area contributed by atoms with E-state index < -0.39 is 10.0 Å². The molecule has 0 aliphatic heterocycles. The number of carbonyl (C=O) groups is 1. The fourth-order valence-corrected chi connectivity index (χ4v) is 3.65. The Kier molecular flexibility index (Phi) is 7.24. The number of methoxy groups -OCH3 is 1. The SMILES string of the molecule is COc1cccc(CCNC(=O)CCN(c2cccc(C)c2)S(C)(=O)=O)c1. The molecular weight excluding hydrogens is 364 g/mol. The van der Waals surface area contributed by atoms with E-state index in [1.54, 1.807) is 25.3 Å². The van der Waals surface area contributed by atoms with Gasteiger partial charge in [0, 0.05) is 19.5 Å². The van der Waals surface area contributed by atoms with Gasteiger partial charge in [0.25, 0.3) is 0 Å². The van der Waals surface area contributed by atoms with Crippen LogP contribution in [-0.2, 0) is 21.2 Å². The lowest BCUT2D eigenvalue weighted by Crippen LogP contribution is -2.35. The maximum absolute atomic E-state index is 12.1. The van der Waals surface area contributed by atoms with Crippen LogP contribution in [0, 0.1) is 6.92 Å². The molecule has 0 saturated carbocycles. The summed E-state index contributed by atoms with van der Waals surface area (Å²) in [5.41, 5.74) is 2.60. The first-order chi connectivity index (χ1) is 12.8. The van der Waals surface area contributed by atoms with Gasteiger partial charge in [-0.05, 0) is 48.7 Å². The molecule has 0 aliphatic carbocycles. The molecule has 2 rings (SSSR count). The number of sulfonamides is 1. The van der Waals surface area contributed by atoms with Crippen LogP contribution in [0.3, 0.4) is 0 Å². The Morgan fingerprint density at radius 2 is 1.89 bits per heavy atom. The molecule has 0 aromatic heterocycles. The van der Waals surface area contributed by atoms with Gasteiger partial charge in [-0.25, -0.2) is 8.42 Å². The van der Waals surface area contributed by atoms with Gasteiger partial charge in [-0.2, -0.15) is 0 Å². The van der Waals surface area contributed by atoms with Crippen molar-refractivity contribution < 1.29 is 17.9 Å². The van der Waals surface area contributed by atoms with Crippen LogP contribution in [0.5, 0.6) is 5.75 Å². The number of nitrogens with one attached hydrogen (secondary N) is 1. The van der Waals surface area contributed by atoms with Crippen molar-refractivity contribution in [2.45, 2.75) is 19.8 Å². The molecule has 0 bridgehead atoms. The summed E-state index contributed by atoms with van der Waals surface area (Å²) in [6.45, 7) is 2.48. The third-order valence-electron chi connectivity index (χ3n) is 4.10. The zero-order valence-corrected chi connectivity index (χ0v) is 16.8. The maximum Gasteiger partial charge on any atom is 0.232 e. The van der Waals surface area contributed by atoms with Crippen molar-refractivity contribution in [3.63, 3.8) is 0 Å². The van der Waals surface area contributed by atoms with Crippen molar-refractivity contribution in [3.8, 4) is 5.75 Å². The van der Waals surface area contributed by atoms with Gasteiger partial charge in [-0.15, -0.1) is 0 Å². The van der Waals surface area contributed by atoms with Crippen LogP contribution in [0.1, 0.15) is 17.5 Å². The van der Waals surface area contributed by atoms with Crippen molar-refractivity contribution in [2.24, 2.45) is 0 Å². The van der Waals surface area contributed by atoms with Gasteiger partial charge in [-0.1, -0.05) is 24.3 Å². The normalized spacial score (nSPS) is 11.1. The molecule has 6 nitrogen and oxygen atoms in total. The third kappa shape index (κ3) is 6.60. The number of hydrogen-bond donors (Lipinski definition) is 1. The van der Waals surface area contributed by atoms with Gasteiger partial charge in [0.15, 0.2) is 0 Å². The fourth-order valence-electron chi connectivity index (χ4n) is 2.74. The second-order valence-electron chi connectivity index (χ2n) is 6.38. The maximum atomic E-state index is 12.1. The lowest BCUT2D eigenvalue weighted by molar-refractivity contribution is -0.120. The van der Waals surface area contributed by atoms with E-state index in [2.05, 4.69) is 5.32 Å². The first kappa shape index (κ1) is 20.8. The highest BCUT2D eigenvalue weighted by atomic mass is 32.2. The van der Waals surface area contributed by atoms with Crippen molar-refractivity contribution in [3.05, 3.63) is 59.7 Å². The Morgan fingerprint density at radius 1 is 1.15 bits per heavy atom. The molecule has 1 N–H and O–H groups in total. The minimum atomic E-state index is -3.46. The summed E-state index contributed by atoms with van der Waals surface area (Å²) in [5.74, 6) is 0.597. The Hall–Kier alpha value is -2.54. The van der Waals surface area contributed by atoms with E-state index in [1.807, 2.05) is 37.3 Å². The molecule has 0 spiro atoms. The van der Waals surface area contributed by atoms with E-state index in [9.17, 15) is 13.2 Å². The summed E-state index contributed by atoms with van der Waals surface area (Å²) in [5, 5.41) is 2.84. The van der Waals surface area contributed by atoms with Gasteiger partial charge >= 0.3 is 0 Å². The van der Waals surface area contributed by atoms with Crippen LogP contribution in [0.4, 0.5) is 5.69 Å². The predicted octanol–water partition coefficient (Wildman–Crippen LogP) is 2.52. The van der Waals surface area contributed by atoms with Gasteiger partial charge in [0.2, 0.25) is 15.9 Å². The largest absolute Gasteiger partial charge is 0.497 e. The number of ether oxygens (including phenoxy) is 1. The summed E-state index contributed by atoms with van der Waals surface area (Å²) >= 11 is 0. The molecule has 7 heteroatoms. The molecule has 0 heterocycles. The van der Waals surface area contributed by atoms with Crippen LogP contribution >= 0.6 is 0 Å². The Morgan fingerprint density at radius 3 is 2.56 bits per heavy atom. The van der Waals surface area contributed by atoms with E-state index in [-0.39, 0.29) is 18.9 Å². The fraction of sp³-hybridized carbons (Fsp3) is 0.350. The highest BCUT2D eigenvalue weighted by Crippen LogP contribution is 2.19. The Labute approximate surface area is 161 Å². The number of hydrogen-bond acceptors (Lipinski definition) is 4. The van der Waals surface area contributed by atoms with Crippen molar-refractivity contribution in [1.29, 1.82) is 0 Å². The molecule has 146 valence electrons. The van der Waals surface area contributed by atoms with Crippen LogP contribution in [-0.4, -0.2) is 40.8 Å². The van der Waals surface area contributed by atoms with Crippen molar-refractivity contribution >= 4 is 21.6 Å². The average Bonchev–Trinajstić information content (AvgIpc) is 2.61. The van der Waals surface area contributed by atoms with Crippen LogP contribution in [0.15, 0.2) is 48.5 Å². The van der Waals surface area contributed by atoms with Gasteiger partial charge in [0.1, 0.15) is 5.75 Å². The second-order valence-corrected chi connectivity index (χ2v) is 8.28. The molecule has 0 unspecified atom stereocenters. The van der Waals surface area contributed by atoms with E-state index >= 15 is 0 Å². The number of aryl methyl sites for hydroxylation is 1. The molecule has 0 atom stereocenters. The van der Waals surface area contributed by atoms with Gasteiger partial charge in [-0.3, -0.25) is 9.10 Å². The monoisotopic (exact) mass is 390 g/mol. The summed E-state index contributed by atoms with van der Waals surface area (Å²) in [4.78, 5) is 12.1. The lowest BCUT2D eigenvalue weighted by Gasteiger charge is -2.22. The van der Waals surface area contributed by atoms with E-state index in [4.69, 9.17) is 4.74 Å². The van der Waals surface area contributed by atoms with Crippen molar-refractivity contribution in [1.82, 2.24) is 5.32 Å². The number of amides is 1. The Balaban J connectivity index is 1.88. The molecule has 0 aliphatic rings. The van der Waals surface area contributed by atoms with Crippen molar-refractivity contribution in [2.75, 3.05) is 30.8 Å². The zero-order chi connectivity index (χ0) is 19.9. The highest BCUT2D eigenvalue weighted by molar-refractivity contribution is 7.92. The van der Waals surface area contributed by atoms with Crippen LogP contribution < -0.4 is 14.4 Å². The first-order valence-electron chi connectivity index (χ1n) is 8.73. The van der Waals surface area contributed by atoms with Crippen LogP contribution in [0.25, 0.3) is 0 Å². The molecule has 0 saturated heterocycles. The summed E-state index contributed by atoms with van der Waals surface area (Å²) < 4.78 is 30.6. The number of carbonyl (C=O) groups excluding carboxylic acids is 1. The molecule has 27 heavy (non-hydrogen) atoms. The van der Waals surface area contributed by atoms with E-state index in [0.717, 1.165) is 23.1 Å². The first-order valence-corrected chi connectivity index (χ1v) is 10.6. The van der Waals surface area contributed by atoms with E-state index in [1.165, 1.54) is 4.31 Å². The molecule has 0 fully saturated rings. The van der Waals surface area contributed by atoms with E-state index in [0.29, 0.717) is 18.7 Å². The van der Waals surface area contributed by atoms with Gasteiger partial charge in [0.05, 0.1) is 19.1 Å². The third-order valence-corrected chi connectivity index (χ3v) is 5.30. The lowest BCUT2D eigenvalue weighted by atomic mass is 10.1. The smallest absolute Gasteiger partial charge is 0.232 e. The minimum absolute atomic E-state index is 0.0964. The minimum Gasteiger partial charge on any atom is -0.497 e. The standard InChI is InChI=1S/C20H26N2O4S/c1-16-6-4-8-18(14-16)22(27(3,24)25)13-11-20(23)21-12-10-17-7-5-9-19(15-17)26-2/h4-9,14-15H,10-13H2,1-3H3,(H,21,23). The molecule has 2 aromatic carbocycles. The summed E-state index contributed by atoms with van der Waals surface area (Å²) in [6.07, 6.45) is 1.92. The molecule has 1 amide bonds. The highest BCUT2D eigenvalue weighted by Gasteiger charge is 2.18. The molecule has 2 aromatic rings. The second kappa shape index (κ2) is 9.41. The zero-order valence-electron chi connectivity index (χ0n) is 15.9. The number of nitrogens with zero attached hydrogens (tertiary/aromatic N) is 1. The quantitative estimate of drug-likeness (QED) is 0.714. The summed E-state index contributed by atoms with van der Waals surface area (Å²) in [6, 6.07) is 14.9. The summed E-state index contributed by atoms with van der Waals surface area (Å²) in [7, 11) is -1.85. The number of anilines is 1. The predicted molar refractivity (Wildman–Crippen MR) is 108 cm³/mol. The number of benzene rings is 2. The Bertz CT molecular complexity index is 881. The average molecular weight is 391 g/mol. The molecular formula is C20H26N2O4S. The molecule has 0 radical (unpaired) electrons. The topological polar surface area (TPSA) is 75.7 Å². The van der Waals surface area contributed by atoms with Crippen LogP contribution in [0.2, 0.25) is 0 Å². The number of rotatable bonds is 9.